The van der Waals surface area contributed by atoms with E-state index in [4.69, 9.17) is 25.8 Å². The van der Waals surface area contributed by atoms with Crippen LogP contribution in [0.25, 0.3) is 0 Å². The number of fused-ring (bicyclic) bond motifs is 2. The third kappa shape index (κ3) is 4.36. The molecule has 0 atom stereocenters. The van der Waals surface area contributed by atoms with Gasteiger partial charge in [0.2, 0.25) is 0 Å². The topological polar surface area (TPSA) is 68.3 Å². The Balaban J connectivity index is 1.87. The molecule has 1 aromatic carbocycles. The smallest absolute Gasteiger partial charge is 0.410 e. The van der Waals surface area contributed by atoms with Gasteiger partial charge in [0.05, 0.1) is 17.3 Å². The average Bonchev–Trinajstić information content (AvgIpc) is 2.82. The molecule has 2 aliphatic heterocycles. The number of nitrogens with zero attached hydrogens (tertiary/aromatic N) is 2. The van der Waals surface area contributed by atoms with E-state index in [1.807, 2.05) is 26.8 Å². The molecular formula is C20H27ClN2O5. The fourth-order valence-electron chi connectivity index (χ4n) is 3.44. The van der Waals surface area contributed by atoms with E-state index >= 15 is 0 Å². The Morgan fingerprint density at radius 1 is 1.29 bits per heavy atom. The zero-order valence-electron chi connectivity index (χ0n) is 16.8. The van der Waals surface area contributed by atoms with Crippen LogP contribution >= 0.6 is 11.6 Å². The zero-order valence-corrected chi connectivity index (χ0v) is 17.6. The molecule has 2 aliphatic rings. The molecule has 3 rings (SSSR count). The normalized spacial score (nSPS) is 16.8. The Morgan fingerprint density at radius 3 is 2.68 bits per heavy atom. The Kier molecular flexibility index (Phi) is 6.05. The van der Waals surface area contributed by atoms with E-state index in [9.17, 15) is 9.59 Å². The van der Waals surface area contributed by atoms with Gasteiger partial charge in [-0.2, -0.15) is 0 Å². The molecule has 0 saturated carbocycles. The average molecular weight is 411 g/mol. The summed E-state index contributed by atoms with van der Waals surface area (Å²) in [4.78, 5) is 28.1. The maximum Gasteiger partial charge on any atom is 0.410 e. The third-order valence-electron chi connectivity index (χ3n) is 4.78. The van der Waals surface area contributed by atoms with Crippen molar-refractivity contribution in [1.82, 2.24) is 4.90 Å². The van der Waals surface area contributed by atoms with Crippen LogP contribution in [-0.2, 0) is 27.1 Å². The number of carbonyl (C=O) groups excluding carboxylic acids is 2. The summed E-state index contributed by atoms with van der Waals surface area (Å²) in [7, 11) is 1.60. The molecule has 2 heterocycles. The molecule has 0 radical (unpaired) electrons. The molecule has 0 aromatic heterocycles. The van der Waals surface area contributed by atoms with Crippen LogP contribution in [-0.4, -0.2) is 62.5 Å². The number of hydrogen-bond acceptors (Lipinski definition) is 5. The number of hydrogen-bond donors (Lipinski definition) is 0. The molecule has 0 unspecified atom stereocenters. The van der Waals surface area contributed by atoms with Crippen molar-refractivity contribution < 1.29 is 23.8 Å². The standard InChI is InChI=1S/C20H27ClN2O5/c1-20(2,3)28-19(25)22-7-5-13-11-15-18(17(21)14(13)6-8-22)27-12-16(24)23(15)9-10-26-4/h11H,5-10,12H2,1-4H3. The van der Waals surface area contributed by atoms with E-state index < -0.39 is 5.60 Å². The van der Waals surface area contributed by atoms with Crippen LogP contribution < -0.4 is 9.64 Å². The van der Waals surface area contributed by atoms with Crippen LogP contribution in [0.1, 0.15) is 31.9 Å². The molecule has 0 aliphatic carbocycles. The second-order valence-corrected chi connectivity index (χ2v) is 8.35. The van der Waals surface area contributed by atoms with Gasteiger partial charge in [-0.1, -0.05) is 11.6 Å². The minimum atomic E-state index is -0.539. The number of rotatable bonds is 3. The first-order chi connectivity index (χ1) is 13.2. The van der Waals surface area contributed by atoms with Crippen molar-refractivity contribution in [1.29, 1.82) is 0 Å². The van der Waals surface area contributed by atoms with Gasteiger partial charge < -0.3 is 24.0 Å². The van der Waals surface area contributed by atoms with Crippen LogP contribution in [0.5, 0.6) is 5.75 Å². The molecule has 154 valence electrons. The van der Waals surface area contributed by atoms with Crippen molar-refractivity contribution in [3.05, 3.63) is 22.2 Å². The Labute approximate surface area is 170 Å². The van der Waals surface area contributed by atoms with Crippen molar-refractivity contribution in [3.63, 3.8) is 0 Å². The van der Waals surface area contributed by atoms with Gasteiger partial charge in [-0.3, -0.25) is 4.79 Å². The molecule has 0 saturated heterocycles. The third-order valence-corrected chi connectivity index (χ3v) is 5.18. The molecule has 28 heavy (non-hydrogen) atoms. The summed E-state index contributed by atoms with van der Waals surface area (Å²) in [5, 5.41) is 0.522. The quantitative estimate of drug-likeness (QED) is 0.766. The molecule has 1 aromatic rings. The van der Waals surface area contributed by atoms with E-state index in [0.717, 1.165) is 11.1 Å². The second-order valence-electron chi connectivity index (χ2n) is 7.97. The summed E-state index contributed by atoms with van der Waals surface area (Å²) < 4.78 is 16.3. The molecular weight excluding hydrogens is 384 g/mol. The van der Waals surface area contributed by atoms with Gasteiger partial charge in [-0.25, -0.2) is 4.79 Å². The first-order valence-corrected chi connectivity index (χ1v) is 9.83. The number of anilines is 1. The van der Waals surface area contributed by atoms with Crippen molar-refractivity contribution >= 4 is 29.3 Å². The summed E-state index contributed by atoms with van der Waals surface area (Å²) in [6, 6.07) is 1.96. The first kappa shape index (κ1) is 20.7. The van der Waals surface area contributed by atoms with Gasteiger partial charge in [0.15, 0.2) is 12.4 Å². The Bertz CT molecular complexity index is 775. The number of ether oxygens (including phenoxy) is 3. The minimum absolute atomic E-state index is 0.0424. The zero-order chi connectivity index (χ0) is 20.5. The maximum atomic E-state index is 12.5. The summed E-state index contributed by atoms with van der Waals surface area (Å²) in [6.07, 6.45) is 0.915. The molecule has 8 heteroatoms. The number of halogens is 1. The van der Waals surface area contributed by atoms with E-state index in [1.165, 1.54) is 0 Å². The van der Waals surface area contributed by atoms with Crippen molar-refractivity contribution in [2.75, 3.05) is 44.9 Å². The summed E-state index contributed by atoms with van der Waals surface area (Å²) in [6.45, 7) is 7.43. The summed E-state index contributed by atoms with van der Waals surface area (Å²) in [5.41, 5.74) is 2.12. The predicted octanol–water partition coefficient (Wildman–Crippen LogP) is 3.05. The van der Waals surface area contributed by atoms with Gasteiger partial charge in [0.25, 0.3) is 5.91 Å². The number of amides is 2. The van der Waals surface area contributed by atoms with Gasteiger partial charge in [0.1, 0.15) is 5.60 Å². The van der Waals surface area contributed by atoms with E-state index in [-0.39, 0.29) is 18.6 Å². The van der Waals surface area contributed by atoms with Crippen LogP contribution in [0.15, 0.2) is 6.07 Å². The lowest BCUT2D eigenvalue weighted by Crippen LogP contribution is -2.41. The predicted molar refractivity (Wildman–Crippen MR) is 106 cm³/mol. The highest BCUT2D eigenvalue weighted by molar-refractivity contribution is 6.33. The van der Waals surface area contributed by atoms with Crippen LogP contribution in [0.3, 0.4) is 0 Å². The first-order valence-electron chi connectivity index (χ1n) is 9.45. The highest BCUT2D eigenvalue weighted by Crippen LogP contribution is 2.43. The molecule has 0 N–H and O–H groups in total. The van der Waals surface area contributed by atoms with Gasteiger partial charge in [-0.15, -0.1) is 0 Å². The highest BCUT2D eigenvalue weighted by Gasteiger charge is 2.32. The van der Waals surface area contributed by atoms with E-state index in [1.54, 1.807) is 16.9 Å². The van der Waals surface area contributed by atoms with Crippen molar-refractivity contribution in [2.24, 2.45) is 0 Å². The lowest BCUT2D eigenvalue weighted by atomic mass is 10.00. The second kappa shape index (κ2) is 8.17. The summed E-state index contributed by atoms with van der Waals surface area (Å²) in [5.74, 6) is 0.409. The monoisotopic (exact) mass is 410 g/mol. The van der Waals surface area contributed by atoms with Gasteiger partial charge >= 0.3 is 6.09 Å². The van der Waals surface area contributed by atoms with Crippen LogP contribution in [0, 0.1) is 0 Å². The minimum Gasteiger partial charge on any atom is -0.480 e. The molecule has 7 nitrogen and oxygen atoms in total. The lowest BCUT2D eigenvalue weighted by molar-refractivity contribution is -0.121. The fourth-order valence-corrected chi connectivity index (χ4v) is 3.80. The molecule has 0 fully saturated rings. The SMILES string of the molecule is COCCN1C(=O)COc2c1cc1c(c2Cl)CCN(C(=O)OC(C)(C)C)CC1. The van der Waals surface area contributed by atoms with E-state index in [0.29, 0.717) is 55.5 Å². The summed E-state index contributed by atoms with van der Waals surface area (Å²) >= 11 is 6.67. The number of methoxy groups -OCH3 is 1. The van der Waals surface area contributed by atoms with E-state index in [2.05, 4.69) is 0 Å². The van der Waals surface area contributed by atoms with Crippen LogP contribution in [0.4, 0.5) is 10.5 Å². The fraction of sp³-hybridized carbons (Fsp3) is 0.600. The number of benzene rings is 1. The van der Waals surface area contributed by atoms with Crippen molar-refractivity contribution in [3.8, 4) is 5.75 Å². The van der Waals surface area contributed by atoms with Crippen molar-refractivity contribution in [2.45, 2.75) is 39.2 Å². The largest absolute Gasteiger partial charge is 0.480 e. The molecule has 0 spiro atoms. The highest BCUT2D eigenvalue weighted by atomic mass is 35.5. The Hall–Kier alpha value is -1.99. The number of carbonyl (C=O) groups is 2. The maximum absolute atomic E-state index is 12.5. The van der Waals surface area contributed by atoms with Gasteiger partial charge in [-0.05, 0) is 50.8 Å². The lowest BCUT2D eigenvalue weighted by Gasteiger charge is -2.31. The Morgan fingerprint density at radius 2 is 2.00 bits per heavy atom. The van der Waals surface area contributed by atoms with Gasteiger partial charge in [0, 0.05) is 26.7 Å². The van der Waals surface area contributed by atoms with Crippen LogP contribution in [0.2, 0.25) is 5.02 Å². The molecule has 2 amide bonds. The molecule has 0 bridgehead atoms.